The summed E-state index contributed by atoms with van der Waals surface area (Å²) < 4.78 is 34.0. The van der Waals surface area contributed by atoms with Crippen LogP contribution in [0.15, 0.2) is 30.3 Å². The lowest BCUT2D eigenvalue weighted by molar-refractivity contribution is -0.139. The highest BCUT2D eigenvalue weighted by molar-refractivity contribution is 7.99. The molecule has 6 nitrogen and oxygen atoms in total. The summed E-state index contributed by atoms with van der Waals surface area (Å²) in [7, 11) is 4.47. The molecular formula is C21H23FO6S. The molecule has 0 aromatic heterocycles. The van der Waals surface area contributed by atoms with Crippen molar-refractivity contribution in [1.29, 1.82) is 0 Å². The minimum Gasteiger partial charge on any atom is -0.494 e. The van der Waals surface area contributed by atoms with Crippen molar-refractivity contribution in [2.75, 3.05) is 33.7 Å². The number of methoxy groups -OCH3 is 3. The lowest BCUT2D eigenvalue weighted by Gasteiger charge is -2.12. The number of carbonyl (C=O) groups excluding carboxylic acids is 2. The highest BCUT2D eigenvalue weighted by atomic mass is 32.2. The van der Waals surface area contributed by atoms with E-state index in [0.29, 0.717) is 17.3 Å². The second-order valence-corrected chi connectivity index (χ2v) is 7.05. The van der Waals surface area contributed by atoms with Gasteiger partial charge in [0.25, 0.3) is 0 Å². The summed E-state index contributed by atoms with van der Waals surface area (Å²) in [5.41, 5.74) is 2.13. The molecule has 0 unspecified atom stereocenters. The van der Waals surface area contributed by atoms with Gasteiger partial charge in [-0.15, -0.1) is 11.8 Å². The number of esters is 1. The van der Waals surface area contributed by atoms with E-state index in [4.69, 9.17) is 18.9 Å². The molecule has 0 amide bonds. The molecule has 2 rings (SSSR count). The van der Waals surface area contributed by atoms with Gasteiger partial charge in [0.1, 0.15) is 0 Å². The molecule has 0 heterocycles. The molecule has 0 atom stereocenters. The van der Waals surface area contributed by atoms with Gasteiger partial charge in [0.2, 0.25) is 0 Å². The number of hydrogen-bond donors (Lipinski definition) is 0. The maximum atomic E-state index is 13.7. The van der Waals surface area contributed by atoms with Crippen molar-refractivity contribution in [2.45, 2.75) is 12.7 Å². The lowest BCUT2D eigenvalue weighted by atomic mass is 10.1. The minimum absolute atomic E-state index is 0.0420. The normalized spacial score (nSPS) is 10.4. The van der Waals surface area contributed by atoms with Crippen molar-refractivity contribution in [1.82, 2.24) is 0 Å². The summed E-state index contributed by atoms with van der Waals surface area (Å²) in [6.07, 6.45) is 0. The third-order valence-corrected chi connectivity index (χ3v) is 5.11. The van der Waals surface area contributed by atoms with Crippen LogP contribution in [0.1, 0.15) is 21.5 Å². The number of benzene rings is 2. The van der Waals surface area contributed by atoms with Crippen LogP contribution < -0.4 is 14.2 Å². The largest absolute Gasteiger partial charge is 0.494 e. The Labute approximate surface area is 173 Å². The van der Waals surface area contributed by atoms with Crippen LogP contribution in [0.5, 0.6) is 17.2 Å². The molecule has 0 aliphatic heterocycles. The molecule has 29 heavy (non-hydrogen) atoms. The molecule has 8 heteroatoms. The van der Waals surface area contributed by atoms with Gasteiger partial charge < -0.3 is 18.9 Å². The first-order valence-electron chi connectivity index (χ1n) is 8.71. The van der Waals surface area contributed by atoms with Crippen LogP contribution in [0.3, 0.4) is 0 Å². The minimum atomic E-state index is -0.648. The summed E-state index contributed by atoms with van der Waals surface area (Å²) in [5, 5.41) is 0. The quantitative estimate of drug-likeness (QED) is 0.426. The maximum absolute atomic E-state index is 13.7. The summed E-state index contributed by atoms with van der Waals surface area (Å²) in [6.45, 7) is 1.50. The van der Waals surface area contributed by atoms with Crippen LogP contribution in [-0.4, -0.2) is 45.4 Å². The van der Waals surface area contributed by atoms with Gasteiger partial charge in [0.05, 0.1) is 27.1 Å². The zero-order chi connectivity index (χ0) is 21.4. The highest BCUT2D eigenvalue weighted by Gasteiger charge is 2.14. The Morgan fingerprint density at radius 2 is 1.62 bits per heavy atom. The second kappa shape index (κ2) is 10.7. The molecule has 2 aromatic carbocycles. The predicted molar refractivity (Wildman–Crippen MR) is 109 cm³/mol. The zero-order valence-corrected chi connectivity index (χ0v) is 17.6. The molecule has 0 aliphatic rings. The van der Waals surface area contributed by atoms with E-state index in [-0.39, 0.29) is 17.1 Å². The lowest BCUT2D eigenvalue weighted by Crippen LogP contribution is -2.16. The molecule has 0 aliphatic carbocycles. The van der Waals surface area contributed by atoms with E-state index in [9.17, 15) is 14.0 Å². The molecule has 0 spiro atoms. The number of halogens is 1. The number of ketones is 1. The molecule has 0 bridgehead atoms. The summed E-state index contributed by atoms with van der Waals surface area (Å²) in [6, 6.07) is 7.58. The average molecular weight is 422 g/mol. The molecule has 156 valence electrons. The van der Waals surface area contributed by atoms with Crippen molar-refractivity contribution in [2.24, 2.45) is 0 Å². The molecule has 0 saturated carbocycles. The van der Waals surface area contributed by atoms with E-state index < -0.39 is 24.2 Å². The van der Waals surface area contributed by atoms with E-state index >= 15 is 0 Å². The van der Waals surface area contributed by atoms with Gasteiger partial charge in [-0.3, -0.25) is 9.59 Å². The van der Waals surface area contributed by atoms with Gasteiger partial charge in [-0.1, -0.05) is 0 Å². The number of hydrogen-bond acceptors (Lipinski definition) is 7. The first-order valence-corrected chi connectivity index (χ1v) is 9.86. The van der Waals surface area contributed by atoms with Gasteiger partial charge in [-0.2, -0.15) is 0 Å². The van der Waals surface area contributed by atoms with Crippen molar-refractivity contribution >= 4 is 23.5 Å². The number of Topliss-reactive ketones (excluding diaryl/α,β-unsaturated/α-hetero) is 1. The van der Waals surface area contributed by atoms with Gasteiger partial charge in [-0.05, 0) is 48.4 Å². The summed E-state index contributed by atoms with van der Waals surface area (Å²) in [5.74, 6) is 0.305. The van der Waals surface area contributed by atoms with Gasteiger partial charge in [-0.25, -0.2) is 4.39 Å². The highest BCUT2D eigenvalue weighted by Crippen LogP contribution is 2.31. The van der Waals surface area contributed by atoms with Gasteiger partial charge in [0, 0.05) is 11.3 Å². The van der Waals surface area contributed by atoms with Crippen LogP contribution in [0.2, 0.25) is 0 Å². The molecule has 2 aromatic rings. The van der Waals surface area contributed by atoms with Gasteiger partial charge >= 0.3 is 5.97 Å². The number of rotatable bonds is 10. The van der Waals surface area contributed by atoms with E-state index in [2.05, 4.69) is 0 Å². The van der Waals surface area contributed by atoms with Crippen molar-refractivity contribution in [3.63, 3.8) is 0 Å². The Balaban J connectivity index is 1.83. The molecule has 0 fully saturated rings. The smallest absolute Gasteiger partial charge is 0.316 e. The van der Waals surface area contributed by atoms with Crippen LogP contribution in [0, 0.1) is 12.7 Å². The van der Waals surface area contributed by atoms with Crippen molar-refractivity contribution in [3.05, 3.63) is 52.8 Å². The Kier molecular flexibility index (Phi) is 8.33. The van der Waals surface area contributed by atoms with E-state index in [1.807, 2.05) is 19.1 Å². The third kappa shape index (κ3) is 6.12. The Morgan fingerprint density at radius 1 is 0.966 bits per heavy atom. The number of thioether (sulfide) groups is 1. The number of aryl methyl sites for hydroxylation is 1. The van der Waals surface area contributed by atoms with Crippen molar-refractivity contribution < 1.29 is 32.9 Å². The summed E-state index contributed by atoms with van der Waals surface area (Å²) in [4.78, 5) is 24.0. The molecule has 0 radical (unpaired) electrons. The number of carbonyl (C=O) groups is 2. The second-order valence-electron chi connectivity index (χ2n) is 6.06. The first kappa shape index (κ1) is 22.5. The van der Waals surface area contributed by atoms with Crippen molar-refractivity contribution in [3.8, 4) is 17.2 Å². The summed E-state index contributed by atoms with van der Waals surface area (Å²) >= 11 is 1.36. The zero-order valence-electron chi connectivity index (χ0n) is 16.7. The average Bonchev–Trinajstić information content (AvgIpc) is 2.72. The van der Waals surface area contributed by atoms with E-state index in [1.165, 1.54) is 31.0 Å². The first-order chi connectivity index (χ1) is 13.9. The van der Waals surface area contributed by atoms with E-state index in [1.54, 1.807) is 14.2 Å². The predicted octanol–water partition coefficient (Wildman–Crippen LogP) is 3.82. The van der Waals surface area contributed by atoms with Crippen LogP contribution >= 0.6 is 11.8 Å². The third-order valence-electron chi connectivity index (χ3n) is 4.16. The monoisotopic (exact) mass is 422 g/mol. The topological polar surface area (TPSA) is 71.1 Å². The maximum Gasteiger partial charge on any atom is 0.316 e. The van der Waals surface area contributed by atoms with Crippen LogP contribution in [0.4, 0.5) is 4.39 Å². The van der Waals surface area contributed by atoms with Crippen LogP contribution in [0.25, 0.3) is 0 Å². The fourth-order valence-corrected chi connectivity index (χ4v) is 3.42. The molecule has 0 saturated heterocycles. The Bertz CT molecular complexity index is 884. The Morgan fingerprint density at radius 3 is 2.24 bits per heavy atom. The van der Waals surface area contributed by atoms with Crippen LogP contribution in [-0.2, 0) is 15.3 Å². The SMILES string of the molecule is COc1ccc(C(=O)COC(=O)CSCc2cc(OC)c(OC)cc2C)cc1F. The number of ether oxygens (including phenoxy) is 4. The Hall–Kier alpha value is -2.74. The fraction of sp³-hybridized carbons (Fsp3) is 0.333. The molecular weight excluding hydrogens is 399 g/mol. The standard InChI is InChI=1S/C21H23FO6S/c1-13-7-19(26-3)20(27-4)9-15(13)11-29-12-21(24)28-10-17(23)14-5-6-18(25-2)16(22)8-14/h5-9H,10-12H2,1-4H3. The van der Waals surface area contributed by atoms with Gasteiger partial charge in [0.15, 0.2) is 35.5 Å². The fourth-order valence-electron chi connectivity index (χ4n) is 2.53. The molecule has 0 N–H and O–H groups in total. The van der Waals surface area contributed by atoms with E-state index in [0.717, 1.165) is 17.2 Å².